The molecule has 0 saturated carbocycles. The van der Waals surface area contributed by atoms with Gasteiger partial charge >= 0.3 is 33.3 Å². The quantitative estimate of drug-likeness (QED) is 0.0134. The Kier molecular flexibility index (Phi) is 31.8. The first-order valence-corrected chi connectivity index (χ1v) is 28.7. The highest BCUT2D eigenvalue weighted by molar-refractivity contribution is 7.61. The van der Waals surface area contributed by atoms with Gasteiger partial charge in [-0.3, -0.25) is 23.2 Å². The number of epoxide rings is 1. The highest BCUT2D eigenvalue weighted by Gasteiger charge is 2.46. The van der Waals surface area contributed by atoms with Crippen molar-refractivity contribution < 1.29 is 71.0 Å². The van der Waals surface area contributed by atoms with Gasteiger partial charge in [0.25, 0.3) is 0 Å². The van der Waals surface area contributed by atoms with E-state index in [1.165, 1.54) is 25.3 Å². The number of hydrogen-bond acceptors (Lipinski definition) is 16. The number of hydrogen-bond donors (Lipinski definition) is 5. The molecule has 2 aliphatic rings. The number of aliphatic hydroxyl groups excluding tert-OH is 2. The number of ether oxygens (including phenoxy) is 4. The molecular weight excluding hydrogens is 985 g/mol. The number of aliphatic hydroxyl groups is 2. The number of carbonyl (C=O) groups excluding carboxylic acids is 2. The van der Waals surface area contributed by atoms with Gasteiger partial charge in [-0.2, -0.15) is 9.29 Å². The van der Waals surface area contributed by atoms with Crippen LogP contribution in [0.1, 0.15) is 148 Å². The Morgan fingerprint density at radius 1 is 0.685 bits per heavy atom. The molecule has 1 aromatic rings. The van der Waals surface area contributed by atoms with Crippen LogP contribution >= 0.6 is 15.6 Å². The number of anilines is 1. The van der Waals surface area contributed by atoms with E-state index in [0.717, 1.165) is 87.8 Å². The van der Waals surface area contributed by atoms with Crippen molar-refractivity contribution in [3.63, 3.8) is 0 Å². The molecule has 2 saturated heterocycles. The third kappa shape index (κ3) is 29.0. The van der Waals surface area contributed by atoms with Crippen LogP contribution < -0.4 is 11.4 Å². The number of phosphoric ester groups is 2. The van der Waals surface area contributed by atoms with Crippen LogP contribution in [0.5, 0.6) is 0 Å². The highest BCUT2D eigenvalue weighted by Crippen LogP contribution is 2.60. The minimum Gasteiger partial charge on any atom is -0.462 e. The molecule has 3 rings (SSSR count). The van der Waals surface area contributed by atoms with Gasteiger partial charge in [-0.05, 0) is 89.5 Å². The van der Waals surface area contributed by atoms with Crippen molar-refractivity contribution in [3.05, 3.63) is 108 Å². The average Bonchev–Trinajstić information content (AvgIpc) is 4.04. The number of aromatic nitrogens is 2. The number of esters is 2. The van der Waals surface area contributed by atoms with E-state index in [-0.39, 0.29) is 18.7 Å². The lowest BCUT2D eigenvalue weighted by molar-refractivity contribution is -0.161. The maximum absolute atomic E-state index is 12.9. The molecule has 21 heteroatoms. The zero-order valence-corrected chi connectivity index (χ0v) is 44.4. The second kappa shape index (κ2) is 36.8. The van der Waals surface area contributed by atoms with Gasteiger partial charge in [0.05, 0.1) is 25.4 Å². The molecule has 0 radical (unpaired) electrons. The summed E-state index contributed by atoms with van der Waals surface area (Å²) in [5.41, 5.74) is 4.58. The van der Waals surface area contributed by atoms with E-state index in [0.29, 0.717) is 31.5 Å². The predicted molar refractivity (Wildman–Crippen MR) is 279 cm³/mol. The summed E-state index contributed by atoms with van der Waals surface area (Å²) in [7, 11) is -10.9. The maximum Gasteiger partial charge on any atom is 0.481 e. The summed E-state index contributed by atoms with van der Waals surface area (Å²) in [6.45, 7) is 1.91. The Labute approximate surface area is 431 Å². The van der Waals surface area contributed by atoms with Crippen molar-refractivity contribution in [2.45, 2.75) is 185 Å². The average molecular weight is 1070 g/mol. The predicted octanol–water partition coefficient (Wildman–Crippen LogP) is 9.65. The molecular formula is C52H81N3O16P2. The highest BCUT2D eigenvalue weighted by atomic mass is 31.3. The molecule has 2 fully saturated rings. The number of phosphoric acid groups is 2. The lowest BCUT2D eigenvalue weighted by Gasteiger charge is -2.21. The number of nitrogen functional groups attached to an aromatic ring is 1. The van der Waals surface area contributed by atoms with Crippen LogP contribution in [0.4, 0.5) is 5.82 Å². The second-order valence-electron chi connectivity index (χ2n) is 17.7. The zero-order chi connectivity index (χ0) is 53.2. The van der Waals surface area contributed by atoms with Crippen LogP contribution in [0.25, 0.3) is 0 Å². The Bertz CT molecular complexity index is 2120. The van der Waals surface area contributed by atoms with Crippen molar-refractivity contribution in [2.75, 3.05) is 25.6 Å². The Morgan fingerprint density at radius 3 is 1.88 bits per heavy atom. The molecule has 0 bridgehead atoms. The third-order valence-electron chi connectivity index (χ3n) is 11.4. The van der Waals surface area contributed by atoms with E-state index in [1.54, 1.807) is 0 Å². The van der Waals surface area contributed by atoms with Crippen molar-refractivity contribution in [3.8, 4) is 0 Å². The summed E-state index contributed by atoms with van der Waals surface area (Å²) < 4.78 is 62.4. The number of rotatable bonds is 40. The fourth-order valence-corrected chi connectivity index (χ4v) is 9.40. The van der Waals surface area contributed by atoms with Crippen LogP contribution in [-0.4, -0.2) is 97.9 Å². The van der Waals surface area contributed by atoms with Crippen LogP contribution in [0.2, 0.25) is 0 Å². The summed E-state index contributed by atoms with van der Waals surface area (Å²) in [5, 5.41) is 20.9. The van der Waals surface area contributed by atoms with Gasteiger partial charge < -0.3 is 44.7 Å². The number of unbranched alkanes of at least 4 members (excludes halogenated alkanes) is 8. The van der Waals surface area contributed by atoms with Crippen LogP contribution in [0.3, 0.4) is 0 Å². The molecule has 410 valence electrons. The maximum atomic E-state index is 12.9. The Balaban J connectivity index is 1.41. The molecule has 6 N–H and O–H groups in total. The molecule has 73 heavy (non-hydrogen) atoms. The fraction of sp³-hybridized carbons (Fsp3) is 0.615. The number of allylic oxidation sites excluding steroid dienone is 12. The van der Waals surface area contributed by atoms with E-state index >= 15 is 0 Å². The van der Waals surface area contributed by atoms with Crippen molar-refractivity contribution in [1.29, 1.82) is 0 Å². The normalized spacial score (nSPS) is 22.4. The summed E-state index contributed by atoms with van der Waals surface area (Å²) in [6.07, 6.45) is 40.0. The topological polar surface area (TPSA) is 278 Å². The van der Waals surface area contributed by atoms with Gasteiger partial charge in [-0.25, -0.2) is 13.9 Å². The molecule has 19 nitrogen and oxygen atoms in total. The molecule has 0 aromatic carbocycles. The van der Waals surface area contributed by atoms with Gasteiger partial charge in [0.15, 0.2) is 12.3 Å². The standard InChI is InChI=1S/C52H81N3O16P2/c1-3-5-7-8-9-10-11-12-13-14-19-22-25-28-32-36-48(57)68-42(39-65-47(56)35-31-27-24-21-18-16-15-17-20-23-26-30-34-44-43(69-44)33-29-6-4-2)40-66-72(61,62)71-73(63,64)67-41-45-49(58)50(59)51(70-45)55-38-37-46(53)54-52(55)60/h6,9-10,12-13,16-18,20,24,26-27,29-30,37-38,42-45,49-51,58-59H,3-5,7-8,11,14-15,19,21-23,25,28,31-36,39-41H2,1-2H3,(H,61,62)(H,63,64)(H2,53,54,60)/b10-9-,13-12-,18-16-,20-17-,27-24-,29-6-,30-26-/t42-,43?,44?,45-,49-,50-,51-/m1/s1. The smallest absolute Gasteiger partial charge is 0.462 e. The molecule has 2 aliphatic heterocycles. The zero-order valence-electron chi connectivity index (χ0n) is 42.6. The van der Waals surface area contributed by atoms with Gasteiger partial charge in [0.1, 0.15) is 30.7 Å². The van der Waals surface area contributed by atoms with E-state index in [4.69, 9.17) is 33.7 Å². The van der Waals surface area contributed by atoms with Gasteiger partial charge in [0.2, 0.25) is 0 Å². The van der Waals surface area contributed by atoms with Gasteiger partial charge in [-0.15, -0.1) is 0 Å². The van der Waals surface area contributed by atoms with Crippen molar-refractivity contribution in [2.24, 2.45) is 0 Å². The number of nitrogens with zero attached hydrogens (tertiary/aromatic N) is 2. The Hall–Kier alpha value is -4.10. The van der Waals surface area contributed by atoms with Crippen LogP contribution in [0.15, 0.2) is 102 Å². The molecule has 0 amide bonds. The minimum atomic E-state index is -5.45. The first-order chi connectivity index (χ1) is 35.1. The van der Waals surface area contributed by atoms with E-state index in [9.17, 15) is 43.5 Å². The molecule has 9 atom stereocenters. The molecule has 0 aliphatic carbocycles. The van der Waals surface area contributed by atoms with Gasteiger partial charge in [0, 0.05) is 19.0 Å². The van der Waals surface area contributed by atoms with Gasteiger partial charge in [-0.1, -0.05) is 131 Å². The largest absolute Gasteiger partial charge is 0.481 e. The first-order valence-electron chi connectivity index (χ1n) is 25.7. The Morgan fingerprint density at radius 2 is 1.25 bits per heavy atom. The molecule has 4 unspecified atom stereocenters. The number of nitrogens with two attached hydrogens (primary N) is 1. The summed E-state index contributed by atoms with van der Waals surface area (Å²) in [4.78, 5) is 61.9. The van der Waals surface area contributed by atoms with Crippen LogP contribution in [-0.2, 0) is 51.0 Å². The lowest BCUT2D eigenvalue weighted by atomic mass is 10.1. The third-order valence-corrected chi connectivity index (χ3v) is 14.0. The SMILES string of the molecule is CC/C=C\CC1OC1C/C=C\C/C=C\C/C=C\C/C=C\CCC(=O)OC[C@H](COP(=O)(O)OP(=O)(O)OC[C@H]1O[C@@H](n2ccc(N)nc2=O)[C@H](O)[C@@H]1O)OC(=O)CCCCCCC/C=C\C/C=C\CCCCC. The summed E-state index contributed by atoms with van der Waals surface area (Å²) in [5.74, 6) is -1.43. The fourth-order valence-electron chi connectivity index (χ4n) is 7.29. The second-order valence-corrected chi connectivity index (χ2v) is 20.7. The lowest BCUT2D eigenvalue weighted by Crippen LogP contribution is -2.36. The molecule has 0 spiro atoms. The van der Waals surface area contributed by atoms with Crippen LogP contribution in [0, 0.1) is 0 Å². The van der Waals surface area contributed by atoms with E-state index in [1.807, 2.05) is 18.2 Å². The van der Waals surface area contributed by atoms with E-state index in [2.05, 4.69) is 90.0 Å². The van der Waals surface area contributed by atoms with E-state index < -0.39 is 83.7 Å². The first kappa shape index (κ1) is 63.2. The summed E-state index contributed by atoms with van der Waals surface area (Å²) >= 11 is 0. The van der Waals surface area contributed by atoms with Crippen molar-refractivity contribution >= 4 is 33.4 Å². The minimum absolute atomic E-state index is 0.00911. The molecule has 1 aromatic heterocycles. The monoisotopic (exact) mass is 1070 g/mol. The molecule has 3 heterocycles. The number of carbonyl (C=O) groups is 2. The van der Waals surface area contributed by atoms with Crippen molar-refractivity contribution in [1.82, 2.24) is 9.55 Å². The summed E-state index contributed by atoms with van der Waals surface area (Å²) in [6, 6.07) is 1.24.